The molecule has 1 saturated heterocycles. The zero-order valence-electron chi connectivity index (χ0n) is 8.55. The third-order valence-electron chi connectivity index (χ3n) is 2.57. The standard InChI is InChI=1S/C11H20O2/c1-2-3-4-5-6-7-11-8-10(12)9-13-11/h11H,2-9H2,1H3. The third-order valence-corrected chi connectivity index (χ3v) is 2.57. The van der Waals surface area contributed by atoms with Crippen LogP contribution in [-0.4, -0.2) is 18.5 Å². The number of carbonyl (C=O) groups excluding carboxylic acids is 1. The van der Waals surface area contributed by atoms with Gasteiger partial charge in [-0.15, -0.1) is 0 Å². The van der Waals surface area contributed by atoms with Crippen LogP contribution in [-0.2, 0) is 9.53 Å². The Morgan fingerprint density at radius 3 is 2.69 bits per heavy atom. The molecule has 1 heterocycles. The largest absolute Gasteiger partial charge is 0.370 e. The summed E-state index contributed by atoms with van der Waals surface area (Å²) < 4.78 is 5.32. The molecule has 1 aliphatic rings. The van der Waals surface area contributed by atoms with E-state index >= 15 is 0 Å². The second kappa shape index (κ2) is 6.14. The fraction of sp³-hybridized carbons (Fsp3) is 0.909. The van der Waals surface area contributed by atoms with Gasteiger partial charge in [0.25, 0.3) is 0 Å². The molecule has 1 aliphatic heterocycles. The van der Waals surface area contributed by atoms with E-state index in [9.17, 15) is 4.79 Å². The molecule has 0 saturated carbocycles. The number of rotatable bonds is 6. The zero-order chi connectivity index (χ0) is 9.52. The zero-order valence-corrected chi connectivity index (χ0v) is 8.55. The number of Topliss-reactive ketones (excluding diaryl/α,β-unsaturated/α-hetero) is 1. The molecule has 0 amide bonds. The van der Waals surface area contributed by atoms with Gasteiger partial charge in [-0.1, -0.05) is 39.0 Å². The molecule has 2 heteroatoms. The van der Waals surface area contributed by atoms with Gasteiger partial charge in [0.2, 0.25) is 0 Å². The van der Waals surface area contributed by atoms with E-state index in [0.717, 1.165) is 6.42 Å². The van der Waals surface area contributed by atoms with Gasteiger partial charge in [0, 0.05) is 6.42 Å². The van der Waals surface area contributed by atoms with Gasteiger partial charge in [0.1, 0.15) is 6.61 Å². The lowest BCUT2D eigenvalue weighted by Gasteiger charge is -2.06. The monoisotopic (exact) mass is 184 g/mol. The summed E-state index contributed by atoms with van der Waals surface area (Å²) in [6.45, 7) is 2.58. The van der Waals surface area contributed by atoms with Gasteiger partial charge in [-0.2, -0.15) is 0 Å². The second-order valence-corrected chi connectivity index (χ2v) is 3.88. The number of ketones is 1. The first-order chi connectivity index (χ1) is 6.33. The van der Waals surface area contributed by atoms with Crippen LogP contribution in [0.2, 0.25) is 0 Å². The molecule has 76 valence electrons. The van der Waals surface area contributed by atoms with Crippen molar-refractivity contribution in [3.63, 3.8) is 0 Å². The minimum absolute atomic E-state index is 0.245. The van der Waals surface area contributed by atoms with Gasteiger partial charge in [-0.05, 0) is 6.42 Å². The Hall–Kier alpha value is -0.370. The van der Waals surface area contributed by atoms with Crippen LogP contribution in [0.15, 0.2) is 0 Å². The SMILES string of the molecule is CCCCCCCC1CC(=O)CO1. The molecule has 1 atom stereocenters. The lowest BCUT2D eigenvalue weighted by molar-refractivity contribution is -0.117. The molecule has 1 rings (SSSR count). The lowest BCUT2D eigenvalue weighted by Crippen LogP contribution is -2.04. The van der Waals surface area contributed by atoms with Crippen LogP contribution in [0, 0.1) is 0 Å². The Labute approximate surface area is 80.7 Å². The minimum atomic E-state index is 0.245. The highest BCUT2D eigenvalue weighted by Gasteiger charge is 2.21. The fourth-order valence-corrected chi connectivity index (χ4v) is 1.74. The highest BCUT2D eigenvalue weighted by molar-refractivity contribution is 5.81. The Balaban J connectivity index is 1.91. The molecule has 13 heavy (non-hydrogen) atoms. The normalized spacial score (nSPS) is 22.5. The minimum Gasteiger partial charge on any atom is -0.370 e. The molecule has 0 aromatic carbocycles. The molecular formula is C11H20O2. The first-order valence-electron chi connectivity index (χ1n) is 5.46. The van der Waals surface area contributed by atoms with Crippen LogP contribution in [0.4, 0.5) is 0 Å². The van der Waals surface area contributed by atoms with E-state index in [-0.39, 0.29) is 11.9 Å². The van der Waals surface area contributed by atoms with Crippen LogP contribution in [0.5, 0.6) is 0 Å². The topological polar surface area (TPSA) is 26.3 Å². The molecule has 1 fully saturated rings. The summed E-state index contributed by atoms with van der Waals surface area (Å²) in [5.41, 5.74) is 0. The van der Waals surface area contributed by atoms with Crippen molar-refractivity contribution in [1.82, 2.24) is 0 Å². The Morgan fingerprint density at radius 1 is 1.31 bits per heavy atom. The molecule has 0 radical (unpaired) electrons. The fourth-order valence-electron chi connectivity index (χ4n) is 1.74. The predicted octanol–water partition coefficient (Wildman–Crippen LogP) is 2.70. The maximum Gasteiger partial charge on any atom is 0.161 e. The van der Waals surface area contributed by atoms with Gasteiger partial charge >= 0.3 is 0 Å². The molecule has 0 bridgehead atoms. The smallest absolute Gasteiger partial charge is 0.161 e. The van der Waals surface area contributed by atoms with E-state index in [1.165, 1.54) is 32.1 Å². The first-order valence-corrected chi connectivity index (χ1v) is 5.46. The van der Waals surface area contributed by atoms with Crippen molar-refractivity contribution in [2.75, 3.05) is 6.61 Å². The van der Waals surface area contributed by atoms with Crippen LogP contribution in [0.3, 0.4) is 0 Å². The van der Waals surface area contributed by atoms with Crippen molar-refractivity contribution in [2.24, 2.45) is 0 Å². The van der Waals surface area contributed by atoms with Crippen molar-refractivity contribution in [3.05, 3.63) is 0 Å². The maximum atomic E-state index is 10.9. The molecule has 0 aromatic heterocycles. The van der Waals surface area contributed by atoms with E-state index < -0.39 is 0 Å². The maximum absolute atomic E-state index is 10.9. The van der Waals surface area contributed by atoms with Crippen LogP contribution in [0.25, 0.3) is 0 Å². The number of hydrogen-bond acceptors (Lipinski definition) is 2. The van der Waals surface area contributed by atoms with Gasteiger partial charge in [-0.3, -0.25) is 4.79 Å². The third kappa shape index (κ3) is 4.41. The number of hydrogen-bond donors (Lipinski definition) is 0. The predicted molar refractivity (Wildman–Crippen MR) is 52.7 cm³/mol. The summed E-state index contributed by atoms with van der Waals surface area (Å²) in [7, 11) is 0. The molecule has 0 aliphatic carbocycles. The van der Waals surface area contributed by atoms with Crippen molar-refractivity contribution >= 4 is 5.78 Å². The highest BCUT2D eigenvalue weighted by Crippen LogP contribution is 2.16. The first kappa shape index (κ1) is 10.7. The Kier molecular flexibility index (Phi) is 5.06. The van der Waals surface area contributed by atoms with Crippen LogP contribution < -0.4 is 0 Å². The quantitative estimate of drug-likeness (QED) is 0.593. The van der Waals surface area contributed by atoms with E-state index in [1.807, 2.05) is 0 Å². The molecule has 2 nitrogen and oxygen atoms in total. The summed E-state index contributed by atoms with van der Waals surface area (Å²) in [6.07, 6.45) is 8.46. The van der Waals surface area contributed by atoms with Crippen molar-refractivity contribution < 1.29 is 9.53 Å². The van der Waals surface area contributed by atoms with Gasteiger partial charge in [0.05, 0.1) is 6.10 Å². The highest BCUT2D eigenvalue weighted by atomic mass is 16.5. The number of unbranched alkanes of at least 4 members (excludes halogenated alkanes) is 4. The van der Waals surface area contributed by atoms with E-state index in [4.69, 9.17) is 4.74 Å². The van der Waals surface area contributed by atoms with Crippen molar-refractivity contribution in [2.45, 2.75) is 58.0 Å². The van der Waals surface area contributed by atoms with Crippen LogP contribution >= 0.6 is 0 Å². The molecular weight excluding hydrogens is 164 g/mol. The van der Waals surface area contributed by atoms with Crippen LogP contribution in [0.1, 0.15) is 51.9 Å². The molecule has 0 N–H and O–H groups in total. The summed E-state index contributed by atoms with van der Waals surface area (Å²) in [5.74, 6) is 0.276. The number of ether oxygens (including phenoxy) is 1. The van der Waals surface area contributed by atoms with E-state index in [0.29, 0.717) is 13.0 Å². The van der Waals surface area contributed by atoms with Crippen molar-refractivity contribution in [1.29, 1.82) is 0 Å². The second-order valence-electron chi connectivity index (χ2n) is 3.88. The average molecular weight is 184 g/mol. The van der Waals surface area contributed by atoms with Crippen molar-refractivity contribution in [3.8, 4) is 0 Å². The summed E-state index contributed by atoms with van der Waals surface area (Å²) >= 11 is 0. The lowest BCUT2D eigenvalue weighted by atomic mass is 10.1. The summed E-state index contributed by atoms with van der Waals surface area (Å²) in [6, 6.07) is 0. The van der Waals surface area contributed by atoms with Gasteiger partial charge < -0.3 is 4.74 Å². The van der Waals surface area contributed by atoms with E-state index in [2.05, 4.69) is 6.92 Å². The molecule has 0 spiro atoms. The van der Waals surface area contributed by atoms with E-state index in [1.54, 1.807) is 0 Å². The molecule has 1 unspecified atom stereocenters. The van der Waals surface area contributed by atoms with Gasteiger partial charge in [0.15, 0.2) is 5.78 Å². The average Bonchev–Trinajstić information content (AvgIpc) is 2.51. The number of carbonyl (C=O) groups is 1. The Bertz CT molecular complexity index is 154. The molecule has 0 aromatic rings. The summed E-state index contributed by atoms with van der Waals surface area (Å²) in [4.78, 5) is 10.9. The Morgan fingerprint density at radius 2 is 2.08 bits per heavy atom. The summed E-state index contributed by atoms with van der Waals surface area (Å²) in [5, 5.41) is 0. The van der Waals surface area contributed by atoms with Gasteiger partial charge in [-0.25, -0.2) is 0 Å².